The third-order valence-electron chi connectivity index (χ3n) is 2.62. The molecule has 0 spiro atoms. The third kappa shape index (κ3) is 2.63. The van der Waals surface area contributed by atoms with Crippen LogP contribution in [0.25, 0.3) is 0 Å². The molecule has 6 nitrogen and oxygen atoms in total. The van der Waals surface area contributed by atoms with Gasteiger partial charge in [0.2, 0.25) is 0 Å². The molecule has 0 aromatic heterocycles. The predicted octanol–water partition coefficient (Wildman–Crippen LogP) is 0.943. The van der Waals surface area contributed by atoms with Crippen LogP contribution in [0.15, 0.2) is 47.4 Å². The number of ketones is 1. The maximum absolute atomic E-state index is 12.1. The molecule has 0 saturated carbocycles. The standard InChI is InChI=1S/C13H10O6S/c14-10-7-11(15)12(20(17,18)19)6-9(10)13(16)8-4-2-1-3-5-8/h1-7,14-15H,(H,17,18,19)/p-1. The van der Waals surface area contributed by atoms with Crippen molar-refractivity contribution in [3.63, 3.8) is 0 Å². The monoisotopic (exact) mass is 293 g/mol. The number of phenols is 1. The Bertz CT molecular complexity index is 765. The Morgan fingerprint density at radius 2 is 1.70 bits per heavy atom. The fourth-order valence-corrected chi connectivity index (χ4v) is 2.26. The minimum absolute atomic E-state index is 0.211. The molecule has 0 saturated heterocycles. The van der Waals surface area contributed by atoms with Crippen LogP contribution in [0.5, 0.6) is 11.5 Å². The van der Waals surface area contributed by atoms with Crippen molar-refractivity contribution in [3.8, 4) is 11.5 Å². The van der Waals surface area contributed by atoms with Gasteiger partial charge in [-0.25, -0.2) is 0 Å². The second kappa shape index (κ2) is 4.95. The second-order valence-corrected chi connectivity index (χ2v) is 5.38. The molecule has 0 aliphatic heterocycles. The van der Waals surface area contributed by atoms with Gasteiger partial charge >= 0.3 is 0 Å². The number of hydrogen-bond acceptors (Lipinski definition) is 5. The van der Waals surface area contributed by atoms with E-state index in [2.05, 4.69) is 0 Å². The number of hydrogen-bond donors (Lipinski definition) is 2. The molecule has 2 N–H and O–H groups in total. The minimum Gasteiger partial charge on any atom is -0.871 e. The lowest BCUT2D eigenvalue weighted by Crippen LogP contribution is -2.08. The average molecular weight is 293 g/mol. The van der Waals surface area contributed by atoms with Gasteiger partial charge in [-0.2, -0.15) is 8.42 Å². The molecular formula is C13H9O6S-. The molecule has 7 heteroatoms. The lowest BCUT2D eigenvalue weighted by molar-refractivity contribution is -0.272. The smallest absolute Gasteiger partial charge is 0.293 e. The van der Waals surface area contributed by atoms with Gasteiger partial charge in [0, 0.05) is 5.56 Å². The van der Waals surface area contributed by atoms with Crippen LogP contribution in [-0.2, 0) is 10.1 Å². The number of carbonyl (C=O) groups is 1. The van der Waals surface area contributed by atoms with Crippen LogP contribution < -0.4 is 5.11 Å². The number of carbonyl (C=O) groups excluding carboxylic acids is 1. The third-order valence-corrected chi connectivity index (χ3v) is 3.50. The van der Waals surface area contributed by atoms with E-state index in [1.165, 1.54) is 12.1 Å². The fraction of sp³-hybridized carbons (Fsp3) is 0. The summed E-state index contributed by atoms with van der Waals surface area (Å²) in [6, 6.07) is 9.06. The van der Waals surface area contributed by atoms with E-state index in [1.54, 1.807) is 18.2 Å². The molecular weight excluding hydrogens is 284 g/mol. The lowest BCUT2D eigenvalue weighted by Gasteiger charge is -2.14. The molecule has 0 unspecified atom stereocenters. The van der Waals surface area contributed by atoms with Crippen LogP contribution in [0, 0.1) is 0 Å². The van der Waals surface area contributed by atoms with Crippen LogP contribution >= 0.6 is 0 Å². The molecule has 2 rings (SSSR count). The van der Waals surface area contributed by atoms with E-state index in [0.717, 1.165) is 0 Å². The molecule has 0 heterocycles. The van der Waals surface area contributed by atoms with E-state index >= 15 is 0 Å². The normalized spacial score (nSPS) is 11.2. The highest BCUT2D eigenvalue weighted by atomic mass is 32.2. The molecule has 0 amide bonds. The summed E-state index contributed by atoms with van der Waals surface area (Å²) in [5.74, 6) is -2.39. The van der Waals surface area contributed by atoms with Gasteiger partial charge in [0.1, 0.15) is 5.75 Å². The molecule has 0 aliphatic rings. The zero-order chi connectivity index (χ0) is 14.9. The quantitative estimate of drug-likeness (QED) is 0.643. The SMILES string of the molecule is O=C(c1ccccc1)c1cc(S(=O)(=O)O)c([O-])cc1O. The summed E-state index contributed by atoms with van der Waals surface area (Å²) in [5.41, 5.74) is -0.161. The Labute approximate surface area is 114 Å². The van der Waals surface area contributed by atoms with Crippen LogP contribution in [0.2, 0.25) is 0 Å². The first-order valence-corrected chi connectivity index (χ1v) is 6.86. The fourth-order valence-electron chi connectivity index (χ4n) is 1.68. The highest BCUT2D eigenvalue weighted by Gasteiger charge is 2.19. The van der Waals surface area contributed by atoms with Crippen molar-refractivity contribution in [2.45, 2.75) is 4.90 Å². The second-order valence-electron chi connectivity index (χ2n) is 3.99. The summed E-state index contributed by atoms with van der Waals surface area (Å²) in [7, 11) is -4.76. The summed E-state index contributed by atoms with van der Waals surface area (Å²) < 4.78 is 31.0. The number of rotatable bonds is 3. The molecule has 104 valence electrons. The van der Waals surface area contributed by atoms with E-state index in [4.69, 9.17) is 4.55 Å². The van der Waals surface area contributed by atoms with Crippen molar-refractivity contribution < 1.29 is 28.0 Å². The molecule has 0 bridgehead atoms. The van der Waals surface area contributed by atoms with Crippen molar-refractivity contribution >= 4 is 15.9 Å². The number of aromatic hydroxyl groups is 1. The summed E-state index contributed by atoms with van der Waals surface area (Å²) >= 11 is 0. The summed E-state index contributed by atoms with van der Waals surface area (Å²) in [6.45, 7) is 0. The molecule has 20 heavy (non-hydrogen) atoms. The first-order valence-electron chi connectivity index (χ1n) is 5.42. The first kappa shape index (κ1) is 14.0. The highest BCUT2D eigenvalue weighted by molar-refractivity contribution is 7.86. The Hall–Kier alpha value is -2.38. The van der Waals surface area contributed by atoms with Crippen LogP contribution in [0.4, 0.5) is 0 Å². The van der Waals surface area contributed by atoms with Gasteiger partial charge in [-0.05, 0) is 12.1 Å². The van der Waals surface area contributed by atoms with E-state index < -0.39 is 32.3 Å². The van der Waals surface area contributed by atoms with Crippen molar-refractivity contribution in [3.05, 3.63) is 53.6 Å². The van der Waals surface area contributed by atoms with Crippen molar-refractivity contribution in [1.82, 2.24) is 0 Å². The first-order chi connectivity index (χ1) is 9.30. The largest absolute Gasteiger partial charge is 0.871 e. The Balaban J connectivity index is 2.61. The van der Waals surface area contributed by atoms with E-state index in [0.29, 0.717) is 12.1 Å². The summed E-state index contributed by atoms with van der Waals surface area (Å²) in [6.07, 6.45) is 0. The summed E-state index contributed by atoms with van der Waals surface area (Å²) in [5, 5.41) is 21.0. The molecule has 2 aromatic rings. The molecule has 0 aliphatic carbocycles. The van der Waals surface area contributed by atoms with Crippen LogP contribution in [0.3, 0.4) is 0 Å². The van der Waals surface area contributed by atoms with Gasteiger partial charge in [-0.15, -0.1) is 0 Å². The van der Waals surface area contributed by atoms with Gasteiger partial charge in [-0.1, -0.05) is 36.1 Å². The van der Waals surface area contributed by atoms with Gasteiger partial charge < -0.3 is 10.2 Å². The van der Waals surface area contributed by atoms with E-state index in [1.807, 2.05) is 0 Å². The molecule has 0 fully saturated rings. The van der Waals surface area contributed by atoms with Gasteiger partial charge in [0.15, 0.2) is 5.78 Å². The van der Waals surface area contributed by atoms with Crippen molar-refractivity contribution in [2.24, 2.45) is 0 Å². The minimum atomic E-state index is -4.76. The topological polar surface area (TPSA) is 115 Å². The average Bonchev–Trinajstić information content (AvgIpc) is 2.37. The zero-order valence-electron chi connectivity index (χ0n) is 9.98. The molecule has 2 aromatic carbocycles. The van der Waals surface area contributed by atoms with Crippen LogP contribution in [0.1, 0.15) is 15.9 Å². The van der Waals surface area contributed by atoms with Crippen molar-refractivity contribution in [2.75, 3.05) is 0 Å². The van der Waals surface area contributed by atoms with Crippen LogP contribution in [-0.4, -0.2) is 23.9 Å². The Morgan fingerprint density at radius 1 is 1.10 bits per heavy atom. The number of benzene rings is 2. The van der Waals surface area contributed by atoms with Gasteiger partial charge in [0.25, 0.3) is 10.1 Å². The maximum atomic E-state index is 12.1. The zero-order valence-corrected chi connectivity index (χ0v) is 10.8. The Morgan fingerprint density at radius 3 is 2.25 bits per heavy atom. The Kier molecular flexibility index (Phi) is 3.47. The van der Waals surface area contributed by atoms with Crippen molar-refractivity contribution in [1.29, 1.82) is 0 Å². The summed E-state index contributed by atoms with van der Waals surface area (Å²) in [4.78, 5) is 11.2. The van der Waals surface area contributed by atoms with Gasteiger partial charge in [-0.3, -0.25) is 9.35 Å². The van der Waals surface area contributed by atoms with E-state index in [-0.39, 0.29) is 11.1 Å². The predicted molar refractivity (Wildman–Crippen MR) is 67.2 cm³/mol. The van der Waals surface area contributed by atoms with E-state index in [9.17, 15) is 23.4 Å². The molecule has 0 atom stereocenters. The number of phenolic OH excluding ortho intramolecular Hbond substituents is 1. The lowest BCUT2D eigenvalue weighted by atomic mass is 10.0. The van der Waals surface area contributed by atoms with Gasteiger partial charge in [0.05, 0.1) is 10.5 Å². The highest BCUT2D eigenvalue weighted by Crippen LogP contribution is 2.30. The molecule has 0 radical (unpaired) electrons. The maximum Gasteiger partial charge on any atom is 0.293 e.